The lowest BCUT2D eigenvalue weighted by atomic mass is 9.93. The fourth-order valence-electron chi connectivity index (χ4n) is 4.07. The van der Waals surface area contributed by atoms with E-state index < -0.39 is 0 Å². The first-order valence-electron chi connectivity index (χ1n) is 10.0. The van der Waals surface area contributed by atoms with Crippen LogP contribution in [0.2, 0.25) is 0 Å². The van der Waals surface area contributed by atoms with Crippen molar-refractivity contribution in [3.8, 4) is 17.3 Å². The van der Waals surface area contributed by atoms with Gasteiger partial charge in [0.15, 0.2) is 0 Å². The Morgan fingerprint density at radius 2 is 2.00 bits per heavy atom. The van der Waals surface area contributed by atoms with Crippen LogP contribution in [0.25, 0.3) is 22.2 Å². The Labute approximate surface area is 176 Å². The molecule has 30 heavy (non-hydrogen) atoms. The van der Waals surface area contributed by atoms with Gasteiger partial charge in [0.25, 0.3) is 0 Å². The number of aryl methyl sites for hydroxylation is 2. The minimum atomic E-state index is -0.252. The van der Waals surface area contributed by atoms with Gasteiger partial charge in [0.05, 0.1) is 11.1 Å². The highest BCUT2D eigenvalue weighted by atomic mass is 19.1. The van der Waals surface area contributed by atoms with Gasteiger partial charge in [-0.25, -0.2) is 4.39 Å². The van der Waals surface area contributed by atoms with Crippen molar-refractivity contribution in [2.24, 2.45) is 11.7 Å². The molecule has 0 amide bonds. The second-order valence-corrected chi connectivity index (χ2v) is 7.54. The lowest BCUT2D eigenvalue weighted by Gasteiger charge is -2.11. The molecular formula is C25H27FN4. The minimum absolute atomic E-state index is 0.252. The zero-order chi connectivity index (χ0) is 21.7. The summed E-state index contributed by atoms with van der Waals surface area (Å²) in [5.74, 6) is 0.217. The summed E-state index contributed by atoms with van der Waals surface area (Å²) in [7, 11) is 0. The zero-order valence-electron chi connectivity index (χ0n) is 17.3. The van der Waals surface area contributed by atoms with Crippen molar-refractivity contribution in [1.82, 2.24) is 10.3 Å². The lowest BCUT2D eigenvalue weighted by molar-refractivity contribution is 0.584. The maximum Gasteiger partial charge on any atom is 0.123 e. The molecule has 0 spiro atoms. The number of halogens is 1. The molecule has 4 rings (SSSR count). The maximum absolute atomic E-state index is 13.4. The quantitative estimate of drug-likeness (QED) is 0.554. The molecule has 1 atom stereocenters. The Kier molecular flexibility index (Phi) is 6.58. The van der Waals surface area contributed by atoms with Crippen molar-refractivity contribution in [3.05, 3.63) is 84.0 Å². The van der Waals surface area contributed by atoms with Gasteiger partial charge in [-0.1, -0.05) is 13.2 Å². The molecule has 0 saturated carbocycles. The Bertz CT molecular complexity index is 1100. The zero-order valence-corrected chi connectivity index (χ0v) is 17.3. The van der Waals surface area contributed by atoms with E-state index in [-0.39, 0.29) is 5.82 Å². The largest absolute Gasteiger partial charge is 0.405 e. The van der Waals surface area contributed by atoms with Gasteiger partial charge in [-0.05, 0) is 85.5 Å². The highest BCUT2D eigenvalue weighted by Gasteiger charge is 2.21. The van der Waals surface area contributed by atoms with E-state index in [4.69, 9.17) is 0 Å². The molecule has 4 N–H and O–H groups in total. The standard InChI is InChI=1S/C23H22FN3.C2H5N/c1-14-11-18(13-25)23-21(12-14)20(8-5-16-9-10-26-15(16)2)22(27-23)17-3-6-19(24)7-4-17;1-2-3/h3-4,6-7,11-12,16,26-27H,2,5,8-10H2,1H3;2H,1,3H2. The van der Waals surface area contributed by atoms with E-state index in [2.05, 4.69) is 41.3 Å². The van der Waals surface area contributed by atoms with Crippen LogP contribution >= 0.6 is 0 Å². The fraction of sp³-hybridized carbons (Fsp3) is 0.240. The average Bonchev–Trinajstić information content (AvgIpc) is 3.30. The van der Waals surface area contributed by atoms with Crippen LogP contribution in [-0.4, -0.2) is 11.5 Å². The molecule has 1 aliphatic rings. The Morgan fingerprint density at radius 3 is 2.60 bits per heavy atom. The van der Waals surface area contributed by atoms with Gasteiger partial charge in [0.1, 0.15) is 11.9 Å². The molecule has 1 unspecified atom stereocenters. The van der Waals surface area contributed by atoms with Crippen LogP contribution in [0.1, 0.15) is 29.5 Å². The number of allylic oxidation sites excluding steroid dienone is 1. The summed E-state index contributed by atoms with van der Waals surface area (Å²) in [5, 5.41) is 14.0. The molecule has 4 nitrogen and oxygen atoms in total. The third-order valence-corrected chi connectivity index (χ3v) is 5.49. The van der Waals surface area contributed by atoms with Crippen molar-refractivity contribution in [2.45, 2.75) is 26.2 Å². The van der Waals surface area contributed by atoms with E-state index in [0.717, 1.165) is 59.2 Å². The summed E-state index contributed by atoms with van der Waals surface area (Å²) in [6.45, 7) is 10.3. The highest BCUT2D eigenvalue weighted by Crippen LogP contribution is 2.35. The number of H-pyrrole nitrogens is 1. The topological polar surface area (TPSA) is 77.6 Å². The van der Waals surface area contributed by atoms with E-state index in [0.29, 0.717) is 11.5 Å². The van der Waals surface area contributed by atoms with Gasteiger partial charge in [-0.15, -0.1) is 0 Å². The number of hydrogen-bond donors (Lipinski definition) is 3. The number of aromatic amines is 1. The van der Waals surface area contributed by atoms with E-state index in [9.17, 15) is 9.65 Å². The smallest absolute Gasteiger partial charge is 0.123 e. The summed E-state index contributed by atoms with van der Waals surface area (Å²) in [6, 6.07) is 12.9. The lowest BCUT2D eigenvalue weighted by Crippen LogP contribution is -2.06. The van der Waals surface area contributed by atoms with Crippen LogP contribution in [0.4, 0.5) is 4.39 Å². The monoisotopic (exact) mass is 402 g/mol. The van der Waals surface area contributed by atoms with Crippen molar-refractivity contribution in [3.63, 3.8) is 0 Å². The second-order valence-electron chi connectivity index (χ2n) is 7.54. The van der Waals surface area contributed by atoms with Crippen LogP contribution < -0.4 is 11.1 Å². The summed E-state index contributed by atoms with van der Waals surface area (Å²) in [4.78, 5) is 3.45. The molecule has 0 aliphatic carbocycles. The molecule has 1 fully saturated rings. The molecule has 5 heteroatoms. The van der Waals surface area contributed by atoms with Crippen molar-refractivity contribution >= 4 is 10.9 Å². The summed E-state index contributed by atoms with van der Waals surface area (Å²) in [6.07, 6.45) is 4.24. The molecule has 1 aliphatic heterocycles. The molecular weight excluding hydrogens is 375 g/mol. The van der Waals surface area contributed by atoms with E-state index in [1.807, 2.05) is 13.0 Å². The van der Waals surface area contributed by atoms with Crippen LogP contribution in [0, 0.1) is 30.0 Å². The normalized spacial score (nSPS) is 15.2. The highest BCUT2D eigenvalue weighted by molar-refractivity contribution is 5.94. The van der Waals surface area contributed by atoms with Crippen LogP contribution in [0.15, 0.2) is 61.5 Å². The first kappa shape index (κ1) is 21.2. The molecule has 154 valence electrons. The summed E-state index contributed by atoms with van der Waals surface area (Å²) in [5.41, 5.74) is 11.4. The van der Waals surface area contributed by atoms with Crippen LogP contribution in [-0.2, 0) is 6.42 Å². The van der Waals surface area contributed by atoms with E-state index >= 15 is 0 Å². The van der Waals surface area contributed by atoms with Crippen molar-refractivity contribution in [2.75, 3.05) is 6.54 Å². The molecule has 1 saturated heterocycles. The van der Waals surface area contributed by atoms with Gasteiger partial charge in [-0.2, -0.15) is 5.26 Å². The predicted molar refractivity (Wildman–Crippen MR) is 121 cm³/mol. The van der Waals surface area contributed by atoms with Gasteiger partial charge in [-0.3, -0.25) is 0 Å². The average molecular weight is 403 g/mol. The summed E-state index contributed by atoms with van der Waals surface area (Å²) < 4.78 is 13.4. The van der Waals surface area contributed by atoms with Crippen molar-refractivity contribution in [1.29, 1.82) is 5.26 Å². The Hall–Kier alpha value is -3.52. The van der Waals surface area contributed by atoms with E-state index in [1.165, 1.54) is 23.9 Å². The van der Waals surface area contributed by atoms with Gasteiger partial charge >= 0.3 is 0 Å². The number of benzene rings is 2. The molecule has 3 aromatic rings. The molecule has 0 bridgehead atoms. The number of hydrogen-bond acceptors (Lipinski definition) is 3. The number of nitrogens with two attached hydrogens (primary N) is 1. The number of aromatic nitrogens is 1. The number of nitrogens with zero attached hydrogens (tertiary/aromatic N) is 1. The predicted octanol–water partition coefficient (Wildman–Crippen LogP) is 5.30. The van der Waals surface area contributed by atoms with Gasteiger partial charge < -0.3 is 16.0 Å². The molecule has 2 aromatic carbocycles. The third-order valence-electron chi connectivity index (χ3n) is 5.49. The second kappa shape index (κ2) is 9.32. The fourth-order valence-corrected chi connectivity index (χ4v) is 4.07. The summed E-state index contributed by atoms with van der Waals surface area (Å²) >= 11 is 0. The molecule has 2 heterocycles. The van der Waals surface area contributed by atoms with Gasteiger partial charge in [0.2, 0.25) is 0 Å². The van der Waals surface area contributed by atoms with Crippen molar-refractivity contribution < 1.29 is 4.39 Å². The number of fused-ring (bicyclic) bond motifs is 1. The minimum Gasteiger partial charge on any atom is -0.405 e. The SMILES string of the molecule is C=C1NCCC1CCc1c(-c2ccc(F)cc2)[nH]c2c(C#N)cc(C)cc12.C=CN. The first-order valence-corrected chi connectivity index (χ1v) is 10.0. The maximum atomic E-state index is 13.4. The molecule has 0 radical (unpaired) electrons. The van der Waals surface area contributed by atoms with Crippen LogP contribution in [0.3, 0.4) is 0 Å². The Morgan fingerprint density at radius 1 is 1.30 bits per heavy atom. The molecule has 1 aromatic heterocycles. The van der Waals surface area contributed by atoms with Crippen LogP contribution in [0.5, 0.6) is 0 Å². The number of nitrogens with one attached hydrogen (secondary N) is 2. The first-order chi connectivity index (χ1) is 14.5. The third kappa shape index (κ3) is 4.38. The number of rotatable bonds is 4. The van der Waals surface area contributed by atoms with E-state index in [1.54, 1.807) is 12.1 Å². The number of nitriles is 1. The van der Waals surface area contributed by atoms with Gasteiger partial charge in [0, 0.05) is 29.2 Å². The Balaban J connectivity index is 0.000000806.